The average molecular weight is 314 g/mol. The molecule has 0 aromatic carbocycles. The van der Waals surface area contributed by atoms with Gasteiger partial charge in [-0.15, -0.1) is 0 Å². The normalized spacial score (nSPS) is 15.6. The molecule has 9 heteroatoms. The van der Waals surface area contributed by atoms with Crippen LogP contribution in [-0.4, -0.2) is 61.6 Å². The number of hydrogen-bond donors (Lipinski definition) is 6. The highest BCUT2D eigenvalue weighted by Crippen LogP contribution is 2.10. The zero-order valence-corrected chi connectivity index (χ0v) is 11.6. The third-order valence-corrected chi connectivity index (χ3v) is 3.07. The molecule has 9 nitrogen and oxygen atoms in total. The Labute approximate surface area is 124 Å². The summed E-state index contributed by atoms with van der Waals surface area (Å²) < 4.78 is 0. The van der Waals surface area contributed by atoms with Gasteiger partial charge in [0.25, 0.3) is 5.56 Å². The molecule has 1 aromatic rings. The first-order chi connectivity index (χ1) is 10.4. The number of aldehydes is 1. The quantitative estimate of drug-likeness (QED) is 0.224. The zero-order chi connectivity index (χ0) is 16.7. The van der Waals surface area contributed by atoms with Gasteiger partial charge in [-0.25, -0.2) is 4.79 Å². The van der Waals surface area contributed by atoms with E-state index in [9.17, 15) is 29.7 Å². The summed E-state index contributed by atoms with van der Waals surface area (Å²) in [4.78, 5) is 37.7. The molecule has 0 spiro atoms. The lowest BCUT2D eigenvalue weighted by Crippen LogP contribution is -2.39. The van der Waals surface area contributed by atoms with Crippen molar-refractivity contribution >= 4 is 12.4 Å². The lowest BCUT2D eigenvalue weighted by molar-refractivity contribution is -0.104. The maximum Gasteiger partial charge on any atom is 0.325 e. The molecule has 0 aliphatic heterocycles. The summed E-state index contributed by atoms with van der Waals surface area (Å²) in [6.45, 7) is -0.715. The van der Waals surface area contributed by atoms with Crippen LogP contribution >= 0.6 is 0 Å². The minimum absolute atomic E-state index is 0.00800. The summed E-state index contributed by atoms with van der Waals surface area (Å²) in [5, 5.41) is 37.2. The lowest BCUT2D eigenvalue weighted by atomic mass is 10.0. The van der Waals surface area contributed by atoms with E-state index in [1.165, 1.54) is 6.08 Å². The lowest BCUT2D eigenvalue weighted by Gasteiger charge is -2.21. The fourth-order valence-corrected chi connectivity index (χ4v) is 1.88. The average Bonchev–Trinajstić information content (AvgIpc) is 2.49. The van der Waals surface area contributed by atoms with E-state index >= 15 is 0 Å². The highest BCUT2D eigenvalue weighted by molar-refractivity contribution is 5.74. The first kappa shape index (κ1) is 18.0. The van der Waals surface area contributed by atoms with Gasteiger partial charge in [-0.1, -0.05) is 0 Å². The van der Waals surface area contributed by atoms with E-state index < -0.39 is 36.2 Å². The van der Waals surface area contributed by atoms with E-state index in [0.29, 0.717) is 6.29 Å². The molecule has 0 aliphatic carbocycles. The largest absolute Gasteiger partial charge is 0.394 e. The van der Waals surface area contributed by atoms with Gasteiger partial charge in [0.1, 0.15) is 18.5 Å². The van der Waals surface area contributed by atoms with E-state index in [2.05, 4.69) is 4.98 Å². The molecule has 0 saturated heterocycles. The second kappa shape index (κ2) is 8.39. The van der Waals surface area contributed by atoms with Crippen LogP contribution in [0.4, 0.5) is 0 Å². The molecule has 3 atom stereocenters. The third kappa shape index (κ3) is 4.74. The third-order valence-electron chi connectivity index (χ3n) is 3.07. The molecule has 0 bridgehead atoms. The molecule has 1 rings (SSSR count). The van der Waals surface area contributed by atoms with Crippen molar-refractivity contribution in [2.24, 2.45) is 0 Å². The Morgan fingerprint density at radius 2 is 1.77 bits per heavy atom. The van der Waals surface area contributed by atoms with E-state index in [1.54, 1.807) is 0 Å². The van der Waals surface area contributed by atoms with Gasteiger partial charge >= 0.3 is 5.69 Å². The summed E-state index contributed by atoms with van der Waals surface area (Å²) in [5.41, 5.74) is -1.20. The summed E-state index contributed by atoms with van der Waals surface area (Å²) >= 11 is 0. The van der Waals surface area contributed by atoms with E-state index in [1.807, 2.05) is 4.98 Å². The van der Waals surface area contributed by atoms with Gasteiger partial charge in [-0.2, -0.15) is 0 Å². The zero-order valence-electron chi connectivity index (χ0n) is 11.6. The van der Waals surface area contributed by atoms with Gasteiger partial charge < -0.3 is 25.4 Å². The van der Waals surface area contributed by atoms with Gasteiger partial charge in [0.05, 0.1) is 18.3 Å². The molecule has 1 heterocycles. The number of H-pyrrole nitrogens is 2. The molecule has 0 radical (unpaired) electrons. The second-order valence-electron chi connectivity index (χ2n) is 4.64. The van der Waals surface area contributed by atoms with Crippen LogP contribution in [0.1, 0.15) is 17.7 Å². The molecular weight excluding hydrogens is 296 g/mol. The van der Waals surface area contributed by atoms with E-state index in [0.717, 1.165) is 6.08 Å². The van der Waals surface area contributed by atoms with Crippen molar-refractivity contribution in [3.63, 3.8) is 0 Å². The van der Waals surface area contributed by atoms with Crippen LogP contribution in [0, 0.1) is 0 Å². The highest BCUT2D eigenvalue weighted by Gasteiger charge is 2.24. The minimum atomic E-state index is -1.56. The van der Waals surface area contributed by atoms with Gasteiger partial charge in [-0.05, 0) is 25.0 Å². The Hall–Kier alpha value is -2.07. The predicted molar refractivity (Wildman–Crippen MR) is 76.2 cm³/mol. The Balaban J connectivity index is 2.93. The number of carbonyl (C=O) groups is 1. The number of aryl methyl sites for hydroxylation is 1. The van der Waals surface area contributed by atoms with Crippen molar-refractivity contribution in [3.05, 3.63) is 38.2 Å². The molecule has 122 valence electrons. The van der Waals surface area contributed by atoms with Crippen LogP contribution in [0.5, 0.6) is 0 Å². The van der Waals surface area contributed by atoms with Crippen LogP contribution in [0.15, 0.2) is 15.7 Å². The molecule has 0 amide bonds. The van der Waals surface area contributed by atoms with Crippen LogP contribution in [0.3, 0.4) is 0 Å². The Morgan fingerprint density at radius 3 is 2.36 bits per heavy atom. The Morgan fingerprint density at radius 1 is 1.09 bits per heavy atom. The van der Waals surface area contributed by atoms with Crippen molar-refractivity contribution in [2.75, 3.05) is 6.61 Å². The van der Waals surface area contributed by atoms with Gasteiger partial charge in [0, 0.05) is 5.69 Å². The molecule has 22 heavy (non-hydrogen) atoms. The highest BCUT2D eigenvalue weighted by atomic mass is 16.4. The standard InChI is InChI=1S/C13H18N2O7/c16-5-1-2-7-8(14-13(22)15-12(7)21)3-4-9(18)11(20)10(19)6-17/h1-2,5,9-11,17-20H,3-4,6H2,(H2,14,15,21,22)/b2-1+/t9-,10+,11-/m0/s1. The fourth-order valence-electron chi connectivity index (χ4n) is 1.88. The topological polar surface area (TPSA) is 164 Å². The van der Waals surface area contributed by atoms with Gasteiger partial charge in [-0.3, -0.25) is 14.6 Å². The predicted octanol–water partition coefficient (Wildman–Crippen LogP) is -2.72. The fraction of sp³-hybridized carbons (Fsp3) is 0.462. The van der Waals surface area contributed by atoms with Crippen LogP contribution in [0.2, 0.25) is 0 Å². The number of allylic oxidation sites excluding steroid dienone is 1. The number of nitrogens with one attached hydrogen (secondary N) is 2. The van der Waals surface area contributed by atoms with Crippen molar-refractivity contribution in [2.45, 2.75) is 31.2 Å². The van der Waals surface area contributed by atoms with Crippen LogP contribution < -0.4 is 11.2 Å². The molecule has 0 fully saturated rings. The number of aliphatic hydroxyl groups is 4. The van der Waals surface area contributed by atoms with Crippen molar-refractivity contribution in [1.29, 1.82) is 0 Å². The first-order valence-electron chi connectivity index (χ1n) is 6.53. The summed E-state index contributed by atoms with van der Waals surface area (Å²) in [5.74, 6) is 0. The van der Waals surface area contributed by atoms with Crippen molar-refractivity contribution in [3.8, 4) is 0 Å². The minimum Gasteiger partial charge on any atom is -0.394 e. The Kier molecular flexibility index (Phi) is 6.86. The molecule has 1 aromatic heterocycles. The maximum atomic E-state index is 11.7. The monoisotopic (exact) mass is 314 g/mol. The van der Waals surface area contributed by atoms with E-state index in [4.69, 9.17) is 5.11 Å². The molecule has 6 N–H and O–H groups in total. The molecule has 0 saturated carbocycles. The summed E-state index contributed by atoms with van der Waals surface area (Å²) in [6, 6.07) is 0. The number of aliphatic hydroxyl groups excluding tert-OH is 4. The number of rotatable bonds is 8. The smallest absolute Gasteiger partial charge is 0.325 e. The SMILES string of the molecule is O=C/C=C/c1c(CC[C@H](O)[C@H](O)[C@H](O)CO)[nH]c(=O)[nH]c1=O. The molecule has 0 unspecified atom stereocenters. The molecule has 0 aliphatic rings. The van der Waals surface area contributed by atoms with Gasteiger partial charge in [0.15, 0.2) is 0 Å². The van der Waals surface area contributed by atoms with Crippen molar-refractivity contribution in [1.82, 2.24) is 9.97 Å². The number of hydrogen-bond acceptors (Lipinski definition) is 7. The first-order valence-corrected chi connectivity index (χ1v) is 6.53. The number of carbonyl (C=O) groups excluding carboxylic acids is 1. The van der Waals surface area contributed by atoms with Gasteiger partial charge in [0.2, 0.25) is 0 Å². The number of aromatic nitrogens is 2. The maximum absolute atomic E-state index is 11.7. The Bertz CT molecular complexity index is 634. The molecular formula is C13H18N2O7. The van der Waals surface area contributed by atoms with Crippen LogP contribution in [0.25, 0.3) is 6.08 Å². The van der Waals surface area contributed by atoms with Crippen molar-refractivity contribution < 1.29 is 25.2 Å². The van der Waals surface area contributed by atoms with E-state index in [-0.39, 0.29) is 24.1 Å². The van der Waals surface area contributed by atoms with Crippen LogP contribution in [-0.2, 0) is 11.2 Å². The summed E-state index contributed by atoms with van der Waals surface area (Å²) in [7, 11) is 0. The summed E-state index contributed by atoms with van der Waals surface area (Å²) in [6.07, 6.45) is -1.75. The second-order valence-corrected chi connectivity index (χ2v) is 4.64. The number of aromatic amines is 2.